The average Bonchev–Trinajstić information content (AvgIpc) is 2.71. The topological polar surface area (TPSA) is 124 Å². The van der Waals surface area contributed by atoms with E-state index < -0.39 is 29.8 Å². The van der Waals surface area contributed by atoms with Crippen LogP contribution in [-0.2, 0) is 23.9 Å². The van der Waals surface area contributed by atoms with Crippen LogP contribution in [0.1, 0.15) is 42.9 Å². The molecule has 9 nitrogen and oxygen atoms in total. The SMILES string of the molecule is C=Cc1nc(C(=O)N[C@@H](CCC(=O)OCC)C(=O)OCC)ccc1NC(=O)CCl. The Bertz CT molecular complexity index is 768. The van der Waals surface area contributed by atoms with E-state index in [0.29, 0.717) is 5.69 Å². The predicted molar refractivity (Wildman–Crippen MR) is 107 cm³/mol. The molecule has 2 amide bonds. The van der Waals surface area contributed by atoms with E-state index in [1.165, 1.54) is 18.2 Å². The maximum Gasteiger partial charge on any atom is 0.328 e. The molecule has 2 N–H and O–H groups in total. The van der Waals surface area contributed by atoms with Crippen LogP contribution in [0.5, 0.6) is 0 Å². The zero-order chi connectivity index (χ0) is 21.8. The van der Waals surface area contributed by atoms with E-state index in [1.807, 2.05) is 0 Å². The third-order valence-corrected chi connectivity index (χ3v) is 3.81. The monoisotopic (exact) mass is 425 g/mol. The molecular weight excluding hydrogens is 402 g/mol. The van der Waals surface area contributed by atoms with Crippen molar-refractivity contribution >= 4 is 47.1 Å². The smallest absolute Gasteiger partial charge is 0.328 e. The van der Waals surface area contributed by atoms with Crippen molar-refractivity contribution in [1.29, 1.82) is 0 Å². The highest BCUT2D eigenvalue weighted by Crippen LogP contribution is 2.16. The van der Waals surface area contributed by atoms with Gasteiger partial charge in [0.2, 0.25) is 5.91 Å². The molecule has 0 unspecified atom stereocenters. The highest BCUT2D eigenvalue weighted by atomic mass is 35.5. The molecule has 0 spiro atoms. The summed E-state index contributed by atoms with van der Waals surface area (Å²) in [4.78, 5) is 51.8. The predicted octanol–water partition coefficient (Wildman–Crippen LogP) is 1.91. The van der Waals surface area contributed by atoms with Gasteiger partial charge in [0.15, 0.2) is 0 Å². The Hall–Kier alpha value is -2.94. The number of nitrogens with one attached hydrogen (secondary N) is 2. The van der Waals surface area contributed by atoms with Gasteiger partial charge >= 0.3 is 11.9 Å². The number of ether oxygens (including phenoxy) is 2. The van der Waals surface area contributed by atoms with Gasteiger partial charge in [-0.2, -0.15) is 0 Å². The van der Waals surface area contributed by atoms with Crippen molar-refractivity contribution in [1.82, 2.24) is 10.3 Å². The Morgan fingerprint density at radius 2 is 1.90 bits per heavy atom. The lowest BCUT2D eigenvalue weighted by molar-refractivity contribution is -0.146. The van der Waals surface area contributed by atoms with Gasteiger partial charge in [-0.1, -0.05) is 6.58 Å². The number of carbonyl (C=O) groups is 4. The Kier molecular flexibility index (Phi) is 10.4. The zero-order valence-corrected chi connectivity index (χ0v) is 17.1. The van der Waals surface area contributed by atoms with Gasteiger partial charge in [-0.05, 0) is 38.5 Å². The molecule has 0 radical (unpaired) electrons. The molecular formula is C19H24ClN3O6. The third kappa shape index (κ3) is 7.90. The van der Waals surface area contributed by atoms with Crippen molar-refractivity contribution in [2.45, 2.75) is 32.7 Å². The van der Waals surface area contributed by atoms with E-state index in [1.54, 1.807) is 13.8 Å². The molecule has 29 heavy (non-hydrogen) atoms. The number of amides is 2. The fourth-order valence-electron chi connectivity index (χ4n) is 2.27. The average molecular weight is 426 g/mol. The van der Waals surface area contributed by atoms with Crippen LogP contribution in [0.4, 0.5) is 5.69 Å². The van der Waals surface area contributed by atoms with Crippen LogP contribution in [-0.4, -0.2) is 53.9 Å². The van der Waals surface area contributed by atoms with Crippen molar-refractivity contribution in [3.63, 3.8) is 0 Å². The number of aromatic nitrogens is 1. The second kappa shape index (κ2) is 12.5. The number of rotatable bonds is 11. The Balaban J connectivity index is 2.94. The summed E-state index contributed by atoms with van der Waals surface area (Å²) < 4.78 is 9.79. The van der Waals surface area contributed by atoms with Crippen LogP contribution in [0.2, 0.25) is 0 Å². The molecule has 0 saturated carbocycles. The Labute approximate surface area is 173 Å². The van der Waals surface area contributed by atoms with Gasteiger partial charge in [0.05, 0.1) is 24.6 Å². The lowest BCUT2D eigenvalue weighted by atomic mass is 10.1. The Morgan fingerprint density at radius 1 is 1.21 bits per heavy atom. The second-order valence-corrected chi connectivity index (χ2v) is 5.90. The summed E-state index contributed by atoms with van der Waals surface area (Å²) in [5, 5.41) is 5.05. The first kappa shape index (κ1) is 24.1. The summed E-state index contributed by atoms with van der Waals surface area (Å²) in [6.45, 7) is 7.25. The van der Waals surface area contributed by atoms with E-state index in [4.69, 9.17) is 21.1 Å². The lowest BCUT2D eigenvalue weighted by Gasteiger charge is -2.17. The molecule has 1 heterocycles. The fourth-order valence-corrected chi connectivity index (χ4v) is 2.33. The molecule has 1 aromatic heterocycles. The highest BCUT2D eigenvalue weighted by Gasteiger charge is 2.24. The number of anilines is 1. The van der Waals surface area contributed by atoms with Crippen molar-refractivity contribution in [3.8, 4) is 0 Å². The van der Waals surface area contributed by atoms with Crippen LogP contribution in [0.15, 0.2) is 18.7 Å². The summed E-state index contributed by atoms with van der Waals surface area (Å²) in [5.41, 5.74) is 0.594. The molecule has 1 aromatic rings. The van der Waals surface area contributed by atoms with Crippen molar-refractivity contribution in [2.75, 3.05) is 24.4 Å². The largest absolute Gasteiger partial charge is 0.466 e. The number of esters is 2. The van der Waals surface area contributed by atoms with Gasteiger partial charge in [-0.15, -0.1) is 11.6 Å². The van der Waals surface area contributed by atoms with Gasteiger partial charge in [0, 0.05) is 6.42 Å². The van der Waals surface area contributed by atoms with Crippen molar-refractivity contribution in [2.24, 2.45) is 0 Å². The van der Waals surface area contributed by atoms with E-state index in [2.05, 4.69) is 22.2 Å². The minimum absolute atomic E-state index is 0.00537. The van der Waals surface area contributed by atoms with Crippen LogP contribution >= 0.6 is 11.6 Å². The van der Waals surface area contributed by atoms with E-state index in [0.717, 1.165) is 0 Å². The second-order valence-electron chi connectivity index (χ2n) is 5.64. The fraction of sp³-hybridized carbons (Fsp3) is 0.421. The van der Waals surface area contributed by atoms with Crippen LogP contribution in [0.25, 0.3) is 6.08 Å². The third-order valence-electron chi connectivity index (χ3n) is 3.57. The quantitative estimate of drug-likeness (QED) is 0.410. The normalized spacial score (nSPS) is 11.1. The minimum Gasteiger partial charge on any atom is -0.466 e. The molecule has 0 fully saturated rings. The first-order valence-corrected chi connectivity index (χ1v) is 9.52. The zero-order valence-electron chi connectivity index (χ0n) is 16.3. The van der Waals surface area contributed by atoms with Crippen molar-refractivity contribution < 1.29 is 28.7 Å². The molecule has 0 aliphatic carbocycles. The molecule has 0 aliphatic heterocycles. The number of halogens is 1. The summed E-state index contributed by atoms with van der Waals surface area (Å²) in [6.07, 6.45) is 1.32. The van der Waals surface area contributed by atoms with Gasteiger partial charge in [-0.25, -0.2) is 9.78 Å². The number of hydrogen-bond acceptors (Lipinski definition) is 7. The summed E-state index contributed by atoms with van der Waals surface area (Å²) in [7, 11) is 0. The van der Waals surface area contributed by atoms with Gasteiger partial charge in [0.25, 0.3) is 5.91 Å². The molecule has 1 rings (SSSR count). The molecule has 0 saturated heterocycles. The summed E-state index contributed by atoms with van der Waals surface area (Å²) in [5.74, 6) is -2.47. The lowest BCUT2D eigenvalue weighted by Crippen LogP contribution is -2.42. The van der Waals surface area contributed by atoms with E-state index in [9.17, 15) is 19.2 Å². The van der Waals surface area contributed by atoms with E-state index >= 15 is 0 Å². The van der Waals surface area contributed by atoms with Crippen molar-refractivity contribution in [3.05, 3.63) is 30.1 Å². The van der Waals surface area contributed by atoms with E-state index in [-0.39, 0.29) is 43.3 Å². The number of hydrogen-bond donors (Lipinski definition) is 2. The number of carbonyl (C=O) groups excluding carboxylic acids is 4. The molecule has 0 aromatic carbocycles. The first-order valence-electron chi connectivity index (χ1n) is 8.98. The first-order chi connectivity index (χ1) is 13.9. The summed E-state index contributed by atoms with van der Waals surface area (Å²) >= 11 is 5.46. The van der Waals surface area contributed by atoms with Gasteiger partial charge < -0.3 is 20.1 Å². The number of pyridine rings is 1. The molecule has 10 heteroatoms. The maximum atomic E-state index is 12.6. The number of nitrogens with zero attached hydrogens (tertiary/aromatic N) is 1. The molecule has 0 bridgehead atoms. The molecule has 158 valence electrons. The van der Waals surface area contributed by atoms with Crippen LogP contribution in [0.3, 0.4) is 0 Å². The van der Waals surface area contributed by atoms with Crippen LogP contribution in [0, 0.1) is 0 Å². The van der Waals surface area contributed by atoms with Gasteiger partial charge in [0.1, 0.15) is 17.6 Å². The maximum absolute atomic E-state index is 12.6. The molecule has 1 atom stereocenters. The van der Waals surface area contributed by atoms with Gasteiger partial charge in [-0.3, -0.25) is 14.4 Å². The standard InChI is InChI=1S/C19H24ClN3O6/c1-4-12-13(22-16(24)11-20)7-8-14(21-12)18(26)23-15(19(27)29-6-3)9-10-17(25)28-5-2/h4,7-8,15H,1,5-6,9-11H2,2-3H3,(H,22,24)(H,23,26)/t15-/m0/s1. The number of alkyl halides is 1. The molecule has 0 aliphatic rings. The Morgan fingerprint density at radius 3 is 2.48 bits per heavy atom. The van der Waals surface area contributed by atoms with Crippen LogP contribution < -0.4 is 10.6 Å². The minimum atomic E-state index is -1.04. The summed E-state index contributed by atoms with van der Waals surface area (Å²) in [6, 6.07) is 1.80. The highest BCUT2D eigenvalue weighted by molar-refractivity contribution is 6.29.